The molecule has 0 aliphatic carbocycles. The quantitative estimate of drug-likeness (QED) is 0.810. The largest absolute Gasteiger partial charge is 0.399 e. The van der Waals surface area contributed by atoms with Crippen LogP contribution in [0, 0.1) is 5.92 Å². The zero-order valence-electron chi connectivity index (χ0n) is 8.68. The number of hydrogen-bond acceptors (Lipinski definition) is 2. The van der Waals surface area contributed by atoms with Gasteiger partial charge in [-0.2, -0.15) is 0 Å². The fraction of sp³-hybridized carbons (Fsp3) is 0.455. The second-order valence-corrected chi connectivity index (χ2v) is 4.70. The minimum Gasteiger partial charge on any atom is -0.399 e. The summed E-state index contributed by atoms with van der Waals surface area (Å²) in [7, 11) is 0. The van der Waals surface area contributed by atoms with Gasteiger partial charge in [0.25, 0.3) is 0 Å². The van der Waals surface area contributed by atoms with Crippen molar-refractivity contribution in [2.24, 2.45) is 5.92 Å². The van der Waals surface area contributed by atoms with Gasteiger partial charge in [0.05, 0.1) is 0 Å². The van der Waals surface area contributed by atoms with Gasteiger partial charge in [0.1, 0.15) is 0 Å². The highest BCUT2D eigenvalue weighted by Gasteiger charge is 1.99. The Bertz CT molecular complexity index is 297. The van der Waals surface area contributed by atoms with Crippen LogP contribution in [0.3, 0.4) is 0 Å². The van der Waals surface area contributed by atoms with Crippen LogP contribution in [0.15, 0.2) is 22.7 Å². The second kappa shape index (κ2) is 5.25. The fourth-order valence-corrected chi connectivity index (χ4v) is 1.71. The van der Waals surface area contributed by atoms with E-state index in [0.29, 0.717) is 0 Å². The van der Waals surface area contributed by atoms with Crippen molar-refractivity contribution in [1.82, 2.24) is 0 Å². The Morgan fingerprint density at radius 1 is 1.43 bits per heavy atom. The summed E-state index contributed by atoms with van der Waals surface area (Å²) >= 11 is 3.47. The molecule has 0 atom stereocenters. The highest BCUT2D eigenvalue weighted by molar-refractivity contribution is 9.10. The maximum absolute atomic E-state index is 5.65. The number of halogens is 1. The van der Waals surface area contributed by atoms with E-state index in [0.717, 1.165) is 28.3 Å². The summed E-state index contributed by atoms with van der Waals surface area (Å²) in [5, 5.41) is 3.37. The maximum atomic E-state index is 5.65. The first-order valence-electron chi connectivity index (χ1n) is 4.88. The maximum Gasteiger partial charge on any atom is 0.0486 e. The van der Waals surface area contributed by atoms with Gasteiger partial charge in [0, 0.05) is 22.4 Å². The number of rotatable bonds is 4. The van der Waals surface area contributed by atoms with Crippen molar-refractivity contribution in [1.29, 1.82) is 0 Å². The van der Waals surface area contributed by atoms with Gasteiger partial charge in [0.2, 0.25) is 0 Å². The van der Waals surface area contributed by atoms with Crippen molar-refractivity contribution in [3.05, 3.63) is 22.7 Å². The van der Waals surface area contributed by atoms with Gasteiger partial charge < -0.3 is 11.1 Å². The number of nitrogen functional groups attached to an aromatic ring is 1. The van der Waals surface area contributed by atoms with E-state index in [4.69, 9.17) is 5.73 Å². The number of hydrogen-bond donors (Lipinski definition) is 2. The van der Waals surface area contributed by atoms with Crippen LogP contribution < -0.4 is 11.1 Å². The Morgan fingerprint density at radius 2 is 2.14 bits per heavy atom. The third-order valence-corrected chi connectivity index (χ3v) is 2.69. The summed E-state index contributed by atoms with van der Waals surface area (Å²) in [6.45, 7) is 5.44. The fourth-order valence-electron chi connectivity index (χ4n) is 1.17. The SMILES string of the molecule is CC(C)CCNc1ccc(N)cc1Br. The van der Waals surface area contributed by atoms with Gasteiger partial charge in [0.15, 0.2) is 0 Å². The third-order valence-electron chi connectivity index (χ3n) is 2.03. The molecule has 2 nitrogen and oxygen atoms in total. The van der Waals surface area contributed by atoms with Gasteiger partial charge in [-0.25, -0.2) is 0 Å². The zero-order chi connectivity index (χ0) is 10.6. The lowest BCUT2D eigenvalue weighted by molar-refractivity contribution is 0.607. The first kappa shape index (κ1) is 11.4. The first-order valence-corrected chi connectivity index (χ1v) is 5.68. The molecule has 0 saturated carbocycles. The van der Waals surface area contributed by atoms with E-state index in [2.05, 4.69) is 35.1 Å². The highest BCUT2D eigenvalue weighted by Crippen LogP contribution is 2.24. The standard InChI is InChI=1S/C11H17BrN2/c1-8(2)5-6-14-11-4-3-9(13)7-10(11)12/h3-4,7-8,14H,5-6,13H2,1-2H3. The van der Waals surface area contributed by atoms with Crippen LogP contribution in [0.25, 0.3) is 0 Å². The Labute approximate surface area is 94.0 Å². The van der Waals surface area contributed by atoms with Crippen LogP contribution in [0.1, 0.15) is 20.3 Å². The molecule has 1 aromatic carbocycles. The molecule has 0 aromatic heterocycles. The van der Waals surface area contributed by atoms with Gasteiger partial charge in [-0.15, -0.1) is 0 Å². The summed E-state index contributed by atoms with van der Waals surface area (Å²) < 4.78 is 1.03. The highest BCUT2D eigenvalue weighted by atomic mass is 79.9. The van der Waals surface area contributed by atoms with E-state index in [1.54, 1.807) is 0 Å². The van der Waals surface area contributed by atoms with Crippen molar-refractivity contribution in [2.45, 2.75) is 20.3 Å². The molecule has 0 radical (unpaired) electrons. The van der Waals surface area contributed by atoms with Gasteiger partial charge in [-0.1, -0.05) is 13.8 Å². The van der Waals surface area contributed by atoms with E-state index in [-0.39, 0.29) is 0 Å². The van der Waals surface area contributed by atoms with Gasteiger partial charge in [-0.3, -0.25) is 0 Å². The molecular formula is C11H17BrN2. The molecule has 0 bridgehead atoms. The van der Waals surface area contributed by atoms with Crippen LogP contribution in [-0.4, -0.2) is 6.54 Å². The monoisotopic (exact) mass is 256 g/mol. The Hall–Kier alpha value is -0.700. The lowest BCUT2D eigenvalue weighted by Gasteiger charge is -2.10. The number of anilines is 2. The number of benzene rings is 1. The average Bonchev–Trinajstić information content (AvgIpc) is 2.08. The molecular weight excluding hydrogens is 240 g/mol. The van der Waals surface area contributed by atoms with E-state index in [1.807, 2.05) is 18.2 Å². The molecule has 3 N–H and O–H groups in total. The molecule has 0 saturated heterocycles. The summed E-state index contributed by atoms with van der Waals surface area (Å²) in [5.74, 6) is 0.732. The molecule has 78 valence electrons. The first-order chi connectivity index (χ1) is 6.59. The van der Waals surface area contributed by atoms with Crippen molar-refractivity contribution in [3.8, 4) is 0 Å². The molecule has 0 amide bonds. The smallest absolute Gasteiger partial charge is 0.0486 e. The Kier molecular flexibility index (Phi) is 4.26. The topological polar surface area (TPSA) is 38.0 Å². The molecule has 0 aliphatic heterocycles. The summed E-state index contributed by atoms with van der Waals surface area (Å²) in [6.07, 6.45) is 1.18. The number of nitrogens with one attached hydrogen (secondary N) is 1. The van der Waals surface area contributed by atoms with Gasteiger partial charge in [-0.05, 0) is 46.5 Å². The Balaban J connectivity index is 2.51. The molecule has 1 rings (SSSR count). The predicted octanol–water partition coefficient (Wildman–Crippen LogP) is 3.49. The van der Waals surface area contributed by atoms with Crippen molar-refractivity contribution in [2.75, 3.05) is 17.6 Å². The van der Waals surface area contributed by atoms with Crippen LogP contribution in [-0.2, 0) is 0 Å². The average molecular weight is 257 g/mol. The lowest BCUT2D eigenvalue weighted by Crippen LogP contribution is -2.05. The van der Waals surface area contributed by atoms with E-state index < -0.39 is 0 Å². The Morgan fingerprint density at radius 3 is 2.71 bits per heavy atom. The lowest BCUT2D eigenvalue weighted by atomic mass is 10.1. The summed E-state index contributed by atoms with van der Waals surface area (Å²) in [5.41, 5.74) is 7.54. The van der Waals surface area contributed by atoms with E-state index in [1.165, 1.54) is 6.42 Å². The minimum atomic E-state index is 0.732. The van der Waals surface area contributed by atoms with Crippen LogP contribution >= 0.6 is 15.9 Å². The van der Waals surface area contributed by atoms with Crippen molar-refractivity contribution < 1.29 is 0 Å². The zero-order valence-corrected chi connectivity index (χ0v) is 10.3. The molecule has 0 fully saturated rings. The van der Waals surface area contributed by atoms with Crippen LogP contribution in [0.5, 0.6) is 0 Å². The predicted molar refractivity (Wildman–Crippen MR) is 66.5 cm³/mol. The molecule has 14 heavy (non-hydrogen) atoms. The third kappa shape index (κ3) is 3.58. The minimum absolute atomic E-state index is 0.732. The van der Waals surface area contributed by atoms with Crippen molar-refractivity contribution in [3.63, 3.8) is 0 Å². The number of nitrogens with two attached hydrogens (primary N) is 1. The van der Waals surface area contributed by atoms with Crippen LogP contribution in [0.4, 0.5) is 11.4 Å². The molecule has 1 aromatic rings. The summed E-state index contributed by atoms with van der Waals surface area (Å²) in [4.78, 5) is 0. The molecule has 0 spiro atoms. The van der Waals surface area contributed by atoms with E-state index >= 15 is 0 Å². The van der Waals surface area contributed by atoms with E-state index in [9.17, 15) is 0 Å². The molecule has 0 unspecified atom stereocenters. The molecule has 0 heterocycles. The summed E-state index contributed by atoms with van der Waals surface area (Å²) in [6, 6.07) is 5.82. The normalized spacial score (nSPS) is 10.6. The molecule has 0 aliphatic rings. The van der Waals surface area contributed by atoms with Crippen molar-refractivity contribution >= 4 is 27.3 Å². The molecule has 3 heteroatoms. The van der Waals surface area contributed by atoms with Gasteiger partial charge >= 0.3 is 0 Å². The second-order valence-electron chi connectivity index (χ2n) is 3.85. The van der Waals surface area contributed by atoms with Crippen LogP contribution in [0.2, 0.25) is 0 Å².